The lowest BCUT2D eigenvalue weighted by Gasteiger charge is -2.52. The van der Waals surface area contributed by atoms with E-state index < -0.39 is 8.80 Å². The summed E-state index contributed by atoms with van der Waals surface area (Å²) in [5, 5.41) is 12.6. The average molecular weight is 574 g/mol. The van der Waals surface area contributed by atoms with Gasteiger partial charge in [0.1, 0.15) is 0 Å². The highest BCUT2D eigenvalue weighted by atomic mass is 28.4. The summed E-state index contributed by atoms with van der Waals surface area (Å²) >= 11 is 0. The highest BCUT2D eigenvalue weighted by molar-refractivity contribution is 6.75. The first kappa shape index (κ1) is 32.1. The Hall–Kier alpha value is -0.803. The standard InChI is InChI=1S/C33H59N3O3Si/c1-28(2)18-24(19-29(3,4)34-28)37-40(27-16-14-13-15-17-27,38-25-20-30(5,6)35-31(7,8)21-25)39-26-22-32(9,10)36-33(11,12)23-26/h13-17,24-26,34-36H,18-23H2,1-12H3. The fourth-order valence-corrected chi connectivity index (χ4v) is 11.5. The van der Waals surface area contributed by atoms with Crippen molar-refractivity contribution in [2.24, 2.45) is 0 Å². The molecule has 3 N–H and O–H groups in total. The van der Waals surface area contributed by atoms with Crippen LogP contribution in [0.3, 0.4) is 0 Å². The van der Waals surface area contributed by atoms with Gasteiger partial charge in [0, 0.05) is 38.4 Å². The molecule has 3 aliphatic rings. The highest BCUT2D eigenvalue weighted by Crippen LogP contribution is 2.38. The maximum absolute atomic E-state index is 7.43. The van der Waals surface area contributed by atoms with E-state index in [0.717, 1.165) is 43.7 Å². The van der Waals surface area contributed by atoms with Gasteiger partial charge in [-0.1, -0.05) is 30.3 Å². The molecule has 0 aromatic heterocycles. The highest BCUT2D eigenvalue weighted by Gasteiger charge is 2.55. The quantitative estimate of drug-likeness (QED) is 0.358. The molecule has 40 heavy (non-hydrogen) atoms. The van der Waals surface area contributed by atoms with Gasteiger partial charge in [-0.15, -0.1) is 0 Å². The molecule has 0 radical (unpaired) electrons. The van der Waals surface area contributed by atoms with Gasteiger partial charge < -0.3 is 29.2 Å². The van der Waals surface area contributed by atoms with Crippen LogP contribution in [0.1, 0.15) is 122 Å². The Labute approximate surface area is 246 Å². The first-order valence-corrected chi connectivity index (χ1v) is 17.3. The Morgan fingerprint density at radius 2 is 0.725 bits per heavy atom. The Balaban J connectivity index is 1.78. The van der Waals surface area contributed by atoms with Crippen LogP contribution in [-0.2, 0) is 13.3 Å². The summed E-state index contributed by atoms with van der Waals surface area (Å²) in [6, 6.07) is 10.6. The zero-order valence-corrected chi connectivity index (χ0v) is 28.6. The van der Waals surface area contributed by atoms with Crippen molar-refractivity contribution in [3.05, 3.63) is 30.3 Å². The van der Waals surface area contributed by atoms with Gasteiger partial charge in [0.25, 0.3) is 0 Å². The van der Waals surface area contributed by atoms with Crippen LogP contribution in [0.5, 0.6) is 0 Å². The Bertz CT molecular complexity index is 875. The molecule has 3 aliphatic heterocycles. The summed E-state index contributed by atoms with van der Waals surface area (Å²) in [7, 11) is -3.39. The second-order valence-corrected chi connectivity index (χ2v) is 19.4. The summed E-state index contributed by atoms with van der Waals surface area (Å²) in [5.41, 5.74) is -0.246. The smallest absolute Gasteiger partial charge is 0.367 e. The predicted molar refractivity (Wildman–Crippen MR) is 168 cm³/mol. The minimum atomic E-state index is -3.39. The van der Waals surface area contributed by atoms with Crippen molar-refractivity contribution in [2.45, 2.75) is 173 Å². The van der Waals surface area contributed by atoms with Gasteiger partial charge in [0.2, 0.25) is 0 Å². The zero-order valence-electron chi connectivity index (χ0n) is 27.6. The lowest BCUT2D eigenvalue weighted by Crippen LogP contribution is -2.69. The van der Waals surface area contributed by atoms with E-state index in [0.29, 0.717) is 0 Å². The van der Waals surface area contributed by atoms with Crippen LogP contribution in [0.4, 0.5) is 0 Å². The third-order valence-corrected chi connectivity index (χ3v) is 11.5. The Morgan fingerprint density at radius 3 is 0.975 bits per heavy atom. The van der Waals surface area contributed by atoms with Gasteiger partial charge in [0.05, 0.1) is 18.3 Å². The fourth-order valence-electron chi connectivity index (χ4n) is 8.52. The predicted octanol–water partition coefficient (Wildman–Crippen LogP) is 5.81. The van der Waals surface area contributed by atoms with E-state index in [1.165, 1.54) is 0 Å². The molecule has 6 nitrogen and oxygen atoms in total. The van der Waals surface area contributed by atoms with E-state index in [1.807, 2.05) is 0 Å². The third-order valence-electron chi connectivity index (χ3n) is 8.55. The van der Waals surface area contributed by atoms with E-state index in [2.05, 4.69) is 129 Å². The molecule has 1 aromatic rings. The zero-order chi connectivity index (χ0) is 29.8. The van der Waals surface area contributed by atoms with E-state index in [1.54, 1.807) is 0 Å². The topological polar surface area (TPSA) is 63.8 Å². The van der Waals surface area contributed by atoms with Crippen LogP contribution >= 0.6 is 0 Å². The molecule has 228 valence electrons. The van der Waals surface area contributed by atoms with E-state index in [4.69, 9.17) is 13.3 Å². The van der Waals surface area contributed by atoms with Crippen molar-refractivity contribution in [3.63, 3.8) is 0 Å². The second-order valence-electron chi connectivity index (χ2n) is 17.0. The first-order valence-electron chi connectivity index (χ1n) is 15.6. The van der Waals surface area contributed by atoms with Crippen LogP contribution in [0.25, 0.3) is 0 Å². The summed E-state index contributed by atoms with van der Waals surface area (Å²) in [5.74, 6) is 0. The summed E-state index contributed by atoms with van der Waals surface area (Å²) in [4.78, 5) is 0. The normalized spacial score (nSPS) is 28.3. The maximum Gasteiger partial charge on any atom is 0.537 e. The molecule has 0 saturated carbocycles. The number of hydrogen-bond donors (Lipinski definition) is 3. The molecule has 0 spiro atoms. The van der Waals surface area contributed by atoms with Crippen molar-refractivity contribution in [1.29, 1.82) is 0 Å². The minimum Gasteiger partial charge on any atom is -0.367 e. The van der Waals surface area contributed by atoms with Crippen LogP contribution < -0.4 is 21.1 Å². The van der Waals surface area contributed by atoms with Crippen LogP contribution in [0.2, 0.25) is 0 Å². The number of nitrogens with one attached hydrogen (secondary N) is 3. The van der Waals surface area contributed by atoms with Gasteiger partial charge in [0.15, 0.2) is 0 Å². The lowest BCUT2D eigenvalue weighted by molar-refractivity contribution is -0.0688. The summed E-state index contributed by atoms with van der Waals surface area (Å²) in [6.07, 6.45) is 5.58. The van der Waals surface area contributed by atoms with Gasteiger partial charge in [-0.05, 0) is 122 Å². The molecule has 3 heterocycles. The summed E-state index contributed by atoms with van der Waals surface area (Å²) < 4.78 is 22.3. The molecule has 0 atom stereocenters. The van der Waals surface area contributed by atoms with E-state index in [9.17, 15) is 0 Å². The van der Waals surface area contributed by atoms with Gasteiger partial charge in [-0.3, -0.25) is 0 Å². The number of hydrogen-bond acceptors (Lipinski definition) is 6. The van der Waals surface area contributed by atoms with Crippen molar-refractivity contribution in [1.82, 2.24) is 16.0 Å². The molecular weight excluding hydrogens is 514 g/mol. The molecule has 0 unspecified atom stereocenters. The van der Waals surface area contributed by atoms with Crippen LogP contribution in [0.15, 0.2) is 30.3 Å². The molecular formula is C33H59N3O3Si. The molecule has 0 bridgehead atoms. The van der Waals surface area contributed by atoms with Crippen LogP contribution in [-0.4, -0.2) is 60.3 Å². The maximum atomic E-state index is 7.43. The second kappa shape index (κ2) is 10.7. The monoisotopic (exact) mass is 573 g/mol. The van der Waals surface area contributed by atoms with Gasteiger partial charge >= 0.3 is 8.80 Å². The molecule has 7 heteroatoms. The Kier molecular flexibility index (Phi) is 8.61. The number of benzene rings is 1. The van der Waals surface area contributed by atoms with Crippen molar-refractivity contribution in [2.75, 3.05) is 0 Å². The lowest BCUT2D eigenvalue weighted by atomic mass is 9.81. The van der Waals surface area contributed by atoms with Gasteiger partial charge in [-0.25, -0.2) is 0 Å². The van der Waals surface area contributed by atoms with E-state index in [-0.39, 0.29) is 51.5 Å². The molecule has 0 amide bonds. The molecule has 3 saturated heterocycles. The van der Waals surface area contributed by atoms with Crippen molar-refractivity contribution in [3.8, 4) is 0 Å². The number of piperidine rings is 3. The SMILES string of the molecule is CC1(C)CC(O[Si](OC2CC(C)(C)NC(C)(C)C2)(OC2CC(C)(C)NC(C)(C)C2)c2ccccc2)CC(C)(C)N1. The van der Waals surface area contributed by atoms with Gasteiger partial charge in [-0.2, -0.15) is 0 Å². The van der Waals surface area contributed by atoms with E-state index >= 15 is 0 Å². The Morgan fingerprint density at radius 1 is 0.475 bits per heavy atom. The minimum absolute atomic E-state index is 0.0311. The molecule has 4 rings (SSSR count). The van der Waals surface area contributed by atoms with Crippen molar-refractivity contribution >= 4 is 14.0 Å². The third kappa shape index (κ3) is 8.39. The fraction of sp³-hybridized carbons (Fsp3) is 0.818. The number of rotatable bonds is 7. The summed E-state index contributed by atoms with van der Waals surface area (Å²) in [6.45, 7) is 27.4. The largest absolute Gasteiger partial charge is 0.537 e. The van der Waals surface area contributed by atoms with Crippen molar-refractivity contribution < 1.29 is 13.3 Å². The molecule has 1 aromatic carbocycles. The molecule has 0 aliphatic carbocycles. The van der Waals surface area contributed by atoms with Crippen LogP contribution in [0, 0.1) is 0 Å². The first-order chi connectivity index (χ1) is 18.1. The molecule has 3 fully saturated rings. The average Bonchev–Trinajstić information content (AvgIpc) is 2.67.